The van der Waals surface area contributed by atoms with Crippen molar-refractivity contribution >= 4 is 62.6 Å². The average molecular weight is 809 g/mol. The molecule has 0 spiro atoms. The van der Waals surface area contributed by atoms with Crippen molar-refractivity contribution in [3.63, 3.8) is 0 Å². The number of nitrogens with one attached hydrogen (secondary N) is 2. The van der Waals surface area contributed by atoms with Gasteiger partial charge in [0.05, 0.1) is 30.0 Å². The van der Waals surface area contributed by atoms with Gasteiger partial charge >= 0.3 is 6.09 Å². The van der Waals surface area contributed by atoms with Crippen molar-refractivity contribution in [2.45, 2.75) is 25.7 Å². The second-order valence-electron chi connectivity index (χ2n) is 12.7. The van der Waals surface area contributed by atoms with Gasteiger partial charge in [-0.3, -0.25) is 35.0 Å². The first-order chi connectivity index (χ1) is 27.9. The fourth-order valence-corrected chi connectivity index (χ4v) is 7.95. The lowest BCUT2D eigenvalue weighted by atomic mass is 9.94. The van der Waals surface area contributed by atoms with Gasteiger partial charge in [0.2, 0.25) is 0 Å². The van der Waals surface area contributed by atoms with Crippen molar-refractivity contribution in [1.29, 1.82) is 0 Å². The van der Waals surface area contributed by atoms with Crippen molar-refractivity contribution in [3.8, 4) is 28.7 Å². The molecule has 0 aliphatic carbocycles. The summed E-state index contributed by atoms with van der Waals surface area (Å²) < 4.78 is 26.8. The number of ether oxygens (including phenoxy) is 3. The van der Waals surface area contributed by atoms with E-state index < -0.39 is 6.09 Å². The van der Waals surface area contributed by atoms with E-state index >= 15 is 0 Å². The first-order valence-corrected chi connectivity index (χ1v) is 19.6. The maximum atomic E-state index is 13.1. The third-order valence-electron chi connectivity index (χ3n) is 8.93. The van der Waals surface area contributed by atoms with Crippen LogP contribution in [-0.2, 0) is 9.47 Å². The van der Waals surface area contributed by atoms with Gasteiger partial charge in [0.1, 0.15) is 21.1 Å². The molecule has 6 aromatic heterocycles. The number of ketones is 2. The highest BCUT2D eigenvalue weighted by Gasteiger charge is 2.31. The zero-order valence-corrected chi connectivity index (χ0v) is 32.0. The number of rotatable bonds is 11. The maximum Gasteiger partial charge on any atom is 0.418 e. The Morgan fingerprint density at radius 1 is 0.737 bits per heavy atom. The molecule has 0 aromatic carbocycles. The molecule has 0 unspecified atom stereocenters. The van der Waals surface area contributed by atoms with Crippen molar-refractivity contribution in [1.82, 2.24) is 19.9 Å². The summed E-state index contributed by atoms with van der Waals surface area (Å²) in [6.07, 6.45) is 11.1. The fraction of sp³-hybridized carbons (Fsp3) is 0.250. The number of nitrogens with zero attached hydrogens (tertiary/aromatic N) is 4. The molecule has 2 N–H and O–H groups in total. The molecule has 57 heavy (non-hydrogen) atoms. The third kappa shape index (κ3) is 9.82. The number of furan rings is 2. The lowest BCUT2D eigenvalue weighted by Crippen LogP contribution is -2.23. The Morgan fingerprint density at radius 3 is 1.79 bits per heavy atom. The van der Waals surface area contributed by atoms with Gasteiger partial charge in [-0.15, -0.1) is 0 Å². The Balaban J connectivity index is 0.000000174. The SMILES string of the molecule is C=Cc1ccc(C(=O)Nc2nc(-c3ccco3)c(C(=O)C3CCOCC3)s2)cn1.O=C(Nc1nc(-c2ccco2)c(C(=O)C2CCOCC2)s1)Oc1cccnc1. The molecule has 8 rings (SSSR count). The summed E-state index contributed by atoms with van der Waals surface area (Å²) in [7, 11) is 0. The molecule has 2 saturated heterocycles. The topological polar surface area (TPSA) is 198 Å². The van der Waals surface area contributed by atoms with E-state index in [0.29, 0.717) is 107 Å². The van der Waals surface area contributed by atoms with E-state index in [9.17, 15) is 19.2 Å². The molecule has 2 aliphatic heterocycles. The summed E-state index contributed by atoms with van der Waals surface area (Å²) in [5.74, 6) is 0.680. The quantitative estimate of drug-likeness (QED) is 0.119. The number of thiazole rings is 2. The van der Waals surface area contributed by atoms with Gasteiger partial charge < -0.3 is 23.0 Å². The van der Waals surface area contributed by atoms with Crippen LogP contribution in [0, 0.1) is 11.8 Å². The summed E-state index contributed by atoms with van der Waals surface area (Å²) in [5, 5.41) is 5.93. The van der Waals surface area contributed by atoms with E-state index in [1.165, 1.54) is 24.9 Å². The number of pyridine rings is 2. The predicted octanol–water partition coefficient (Wildman–Crippen LogP) is 8.32. The van der Waals surface area contributed by atoms with Crippen LogP contribution in [0.25, 0.3) is 29.0 Å². The number of anilines is 2. The van der Waals surface area contributed by atoms with Crippen LogP contribution in [-0.4, -0.2) is 69.9 Å². The van der Waals surface area contributed by atoms with Crippen molar-refractivity contribution in [3.05, 3.63) is 107 Å². The van der Waals surface area contributed by atoms with Crippen LogP contribution in [0.1, 0.15) is 61.1 Å². The molecule has 17 heteroatoms. The van der Waals surface area contributed by atoms with Gasteiger partial charge in [-0.05, 0) is 80.3 Å². The summed E-state index contributed by atoms with van der Waals surface area (Å²) in [6.45, 7) is 5.92. The van der Waals surface area contributed by atoms with E-state index in [1.807, 2.05) is 0 Å². The van der Waals surface area contributed by atoms with Crippen LogP contribution >= 0.6 is 22.7 Å². The number of carbonyl (C=O) groups is 4. The van der Waals surface area contributed by atoms with Crippen molar-refractivity contribution in [2.75, 3.05) is 37.1 Å². The van der Waals surface area contributed by atoms with Crippen LogP contribution in [0.3, 0.4) is 0 Å². The van der Waals surface area contributed by atoms with Crippen LogP contribution in [0.4, 0.5) is 15.1 Å². The number of carbonyl (C=O) groups excluding carboxylic acids is 4. The second kappa shape index (κ2) is 18.7. The van der Waals surface area contributed by atoms with Crippen molar-refractivity contribution in [2.24, 2.45) is 11.8 Å². The minimum absolute atomic E-state index is 0.00898. The number of Topliss-reactive ketones (excluding diaryl/α,β-unsaturated/α-hetero) is 2. The normalized spacial score (nSPS) is 14.5. The zero-order chi connectivity index (χ0) is 39.6. The lowest BCUT2D eigenvalue weighted by Gasteiger charge is -2.20. The molecule has 0 bridgehead atoms. The molecule has 6 aromatic rings. The Bertz CT molecular complexity index is 2290. The standard InChI is InChI=1S/C21H19N3O4S.C19H17N3O5S/c1-2-15-6-5-14(12-22-15)20(26)24-21-23-17(16-4-3-9-28-16)19(29-21)18(25)13-7-10-27-11-8-13;23-16(12-5-9-25-10-6-12)17-15(14-4-2-8-26-14)21-18(28-17)22-19(24)27-13-3-1-7-20-11-13/h2-6,9,12-13H,1,7-8,10-11H2,(H,23,24,26);1-4,7-8,11-12H,5-6,9-10H2,(H,21,22,24). The second-order valence-corrected chi connectivity index (χ2v) is 14.7. The molecule has 2 amide bonds. The molecule has 292 valence electrons. The summed E-state index contributed by atoms with van der Waals surface area (Å²) in [4.78, 5) is 68.7. The van der Waals surface area contributed by atoms with E-state index in [-0.39, 0.29) is 34.4 Å². The monoisotopic (exact) mass is 808 g/mol. The minimum atomic E-state index is -0.710. The van der Waals surface area contributed by atoms with Gasteiger partial charge in [0.15, 0.2) is 39.1 Å². The molecule has 2 fully saturated rings. The van der Waals surface area contributed by atoms with Crippen LogP contribution in [0.5, 0.6) is 5.75 Å². The minimum Gasteiger partial charge on any atom is -0.463 e. The van der Waals surface area contributed by atoms with E-state index in [1.54, 1.807) is 60.8 Å². The molecule has 8 heterocycles. The number of aromatic nitrogens is 4. The number of hydrogen-bond donors (Lipinski definition) is 2. The zero-order valence-electron chi connectivity index (χ0n) is 30.4. The van der Waals surface area contributed by atoms with Gasteiger partial charge in [0.25, 0.3) is 5.91 Å². The molecule has 15 nitrogen and oxygen atoms in total. The van der Waals surface area contributed by atoms with E-state index in [4.69, 9.17) is 23.0 Å². The predicted molar refractivity (Wildman–Crippen MR) is 212 cm³/mol. The van der Waals surface area contributed by atoms with Crippen LogP contribution in [0.2, 0.25) is 0 Å². The fourth-order valence-electron chi connectivity index (χ4n) is 5.99. The molecule has 0 saturated carbocycles. The van der Waals surface area contributed by atoms with Gasteiger partial charge in [-0.1, -0.05) is 29.3 Å². The Kier molecular flexibility index (Phi) is 12.8. The maximum absolute atomic E-state index is 13.1. The Morgan fingerprint density at radius 2 is 1.32 bits per heavy atom. The van der Waals surface area contributed by atoms with E-state index in [0.717, 1.165) is 22.7 Å². The van der Waals surface area contributed by atoms with Gasteiger partial charge in [0, 0.05) is 50.7 Å². The summed E-state index contributed by atoms with van der Waals surface area (Å²) in [6, 6.07) is 13.6. The molecule has 0 atom stereocenters. The largest absolute Gasteiger partial charge is 0.463 e. The Hall–Kier alpha value is -6.14. The van der Waals surface area contributed by atoms with Gasteiger partial charge in [-0.25, -0.2) is 14.8 Å². The number of amides is 2. The third-order valence-corrected chi connectivity index (χ3v) is 10.9. The van der Waals surface area contributed by atoms with Crippen LogP contribution in [0.15, 0.2) is 95.1 Å². The van der Waals surface area contributed by atoms with Crippen LogP contribution < -0.4 is 15.4 Å². The number of hydrogen-bond acceptors (Lipinski definition) is 15. The smallest absolute Gasteiger partial charge is 0.418 e. The summed E-state index contributed by atoms with van der Waals surface area (Å²) >= 11 is 2.27. The first-order valence-electron chi connectivity index (χ1n) is 18.0. The molecule has 0 radical (unpaired) electrons. The van der Waals surface area contributed by atoms with E-state index in [2.05, 4.69) is 37.1 Å². The van der Waals surface area contributed by atoms with Crippen molar-refractivity contribution < 1.29 is 42.2 Å². The highest BCUT2D eigenvalue weighted by Crippen LogP contribution is 2.37. The highest BCUT2D eigenvalue weighted by atomic mass is 32.1. The lowest BCUT2D eigenvalue weighted by molar-refractivity contribution is 0.0546. The summed E-state index contributed by atoms with van der Waals surface area (Å²) in [5.41, 5.74) is 1.94. The molecule has 2 aliphatic rings. The van der Waals surface area contributed by atoms with Gasteiger partial charge in [-0.2, -0.15) is 0 Å². The average Bonchev–Trinajstić information content (AvgIpc) is 4.10. The first kappa shape index (κ1) is 39.1. The molecular formula is C40H36N6O9S2. The Labute approximate surface area is 334 Å². The molecular weight excluding hydrogens is 773 g/mol. The highest BCUT2D eigenvalue weighted by molar-refractivity contribution is 7.18.